The third-order valence-corrected chi connectivity index (χ3v) is 3.58. The van der Waals surface area contributed by atoms with E-state index in [0.717, 1.165) is 18.4 Å². The lowest BCUT2D eigenvalue weighted by Crippen LogP contribution is -2.48. The fraction of sp³-hybridized carbons (Fsp3) is 0.467. The summed E-state index contributed by atoms with van der Waals surface area (Å²) in [7, 11) is 0. The number of hydrogen-bond donors (Lipinski definition) is 1. The first-order valence-corrected chi connectivity index (χ1v) is 6.74. The van der Waals surface area contributed by atoms with E-state index in [2.05, 4.69) is 0 Å². The van der Waals surface area contributed by atoms with Crippen molar-refractivity contribution >= 4 is 11.9 Å². The summed E-state index contributed by atoms with van der Waals surface area (Å²) < 4.78 is 0. The van der Waals surface area contributed by atoms with E-state index >= 15 is 0 Å². The molecule has 0 saturated carbocycles. The molecular weight excluding hydrogens is 242 g/mol. The number of carboxylic acid groups (broad SMARTS) is 1. The van der Waals surface area contributed by atoms with Crippen LogP contribution in [0.15, 0.2) is 30.3 Å². The van der Waals surface area contributed by atoms with Gasteiger partial charge in [0.05, 0.1) is 0 Å². The lowest BCUT2D eigenvalue weighted by atomic mass is 10.0. The van der Waals surface area contributed by atoms with Crippen molar-refractivity contribution in [2.75, 3.05) is 6.54 Å². The van der Waals surface area contributed by atoms with Crippen LogP contribution in [-0.4, -0.2) is 34.5 Å². The van der Waals surface area contributed by atoms with Gasteiger partial charge in [-0.05, 0) is 31.2 Å². The number of benzene rings is 1. The molecule has 1 amide bonds. The summed E-state index contributed by atoms with van der Waals surface area (Å²) in [5.41, 5.74) is 1.11. The number of piperidine rings is 1. The number of likely N-dealkylation sites (tertiary alicyclic amines) is 1. The molecule has 102 valence electrons. The summed E-state index contributed by atoms with van der Waals surface area (Å²) >= 11 is 0. The highest BCUT2D eigenvalue weighted by atomic mass is 16.4. The number of aryl methyl sites for hydroxylation is 1. The summed E-state index contributed by atoms with van der Waals surface area (Å²) in [6.45, 7) is 0.574. The summed E-state index contributed by atoms with van der Waals surface area (Å²) in [4.78, 5) is 24.8. The van der Waals surface area contributed by atoms with E-state index in [1.54, 1.807) is 0 Å². The number of hydrogen-bond acceptors (Lipinski definition) is 2. The monoisotopic (exact) mass is 261 g/mol. The Morgan fingerprint density at radius 1 is 1.21 bits per heavy atom. The quantitative estimate of drug-likeness (QED) is 0.902. The number of aliphatic carboxylic acids is 1. The zero-order chi connectivity index (χ0) is 13.7. The predicted molar refractivity (Wildman–Crippen MR) is 71.8 cm³/mol. The predicted octanol–water partition coefficient (Wildman–Crippen LogP) is 2.08. The van der Waals surface area contributed by atoms with Gasteiger partial charge in [0.1, 0.15) is 6.04 Å². The van der Waals surface area contributed by atoms with Crippen LogP contribution in [0.2, 0.25) is 0 Å². The van der Waals surface area contributed by atoms with Crippen LogP contribution in [0.5, 0.6) is 0 Å². The van der Waals surface area contributed by atoms with E-state index in [-0.39, 0.29) is 5.91 Å². The SMILES string of the molecule is O=C(O)[C@@H]1CCCCN1C(=O)CCc1ccccc1. The molecule has 0 bridgehead atoms. The molecule has 0 radical (unpaired) electrons. The van der Waals surface area contributed by atoms with Crippen molar-refractivity contribution in [1.82, 2.24) is 4.90 Å². The molecule has 1 aromatic rings. The second-order valence-electron chi connectivity index (χ2n) is 4.92. The number of carbonyl (C=O) groups excluding carboxylic acids is 1. The van der Waals surface area contributed by atoms with Gasteiger partial charge in [-0.15, -0.1) is 0 Å². The largest absolute Gasteiger partial charge is 0.480 e. The van der Waals surface area contributed by atoms with E-state index in [1.165, 1.54) is 4.90 Å². The molecule has 1 saturated heterocycles. The van der Waals surface area contributed by atoms with Gasteiger partial charge in [-0.2, -0.15) is 0 Å². The maximum absolute atomic E-state index is 12.1. The topological polar surface area (TPSA) is 57.6 Å². The van der Waals surface area contributed by atoms with Gasteiger partial charge in [0.2, 0.25) is 5.91 Å². The van der Waals surface area contributed by atoms with Crippen LogP contribution in [0.3, 0.4) is 0 Å². The molecule has 1 fully saturated rings. The van der Waals surface area contributed by atoms with Crippen LogP contribution in [0.4, 0.5) is 0 Å². The second-order valence-corrected chi connectivity index (χ2v) is 4.92. The third-order valence-electron chi connectivity index (χ3n) is 3.58. The average molecular weight is 261 g/mol. The molecule has 1 aromatic carbocycles. The van der Waals surface area contributed by atoms with Gasteiger partial charge in [-0.3, -0.25) is 4.79 Å². The Kier molecular flexibility index (Phi) is 4.55. The standard InChI is InChI=1S/C15H19NO3/c17-14(10-9-12-6-2-1-3-7-12)16-11-5-4-8-13(16)15(18)19/h1-3,6-7,13H,4-5,8-11H2,(H,18,19)/t13-/m0/s1. The summed E-state index contributed by atoms with van der Waals surface area (Å²) in [6.07, 6.45) is 3.42. The van der Waals surface area contributed by atoms with Gasteiger partial charge in [0, 0.05) is 13.0 Å². The second kappa shape index (κ2) is 6.36. The zero-order valence-corrected chi connectivity index (χ0v) is 10.9. The molecule has 1 aliphatic heterocycles. The first kappa shape index (κ1) is 13.6. The van der Waals surface area contributed by atoms with Crippen LogP contribution in [0, 0.1) is 0 Å². The Bertz CT molecular complexity index is 444. The number of nitrogens with zero attached hydrogens (tertiary/aromatic N) is 1. The zero-order valence-electron chi connectivity index (χ0n) is 10.9. The van der Waals surface area contributed by atoms with Crippen molar-refractivity contribution in [3.8, 4) is 0 Å². The molecule has 1 atom stereocenters. The molecule has 0 spiro atoms. The third kappa shape index (κ3) is 3.56. The van der Waals surface area contributed by atoms with Gasteiger partial charge in [-0.1, -0.05) is 30.3 Å². The molecule has 1 N–H and O–H groups in total. The molecule has 4 nitrogen and oxygen atoms in total. The molecule has 1 aliphatic rings. The fourth-order valence-corrected chi connectivity index (χ4v) is 2.53. The molecule has 0 unspecified atom stereocenters. The maximum atomic E-state index is 12.1. The number of rotatable bonds is 4. The lowest BCUT2D eigenvalue weighted by molar-refractivity contribution is -0.152. The minimum absolute atomic E-state index is 0.0454. The number of carbonyl (C=O) groups is 2. The highest BCUT2D eigenvalue weighted by Crippen LogP contribution is 2.18. The molecule has 0 aromatic heterocycles. The smallest absolute Gasteiger partial charge is 0.326 e. The van der Waals surface area contributed by atoms with Gasteiger partial charge in [0.15, 0.2) is 0 Å². The molecule has 1 heterocycles. The summed E-state index contributed by atoms with van der Waals surface area (Å²) in [5, 5.41) is 9.15. The van der Waals surface area contributed by atoms with E-state index in [4.69, 9.17) is 5.11 Å². The van der Waals surface area contributed by atoms with E-state index < -0.39 is 12.0 Å². The molecule has 0 aliphatic carbocycles. The van der Waals surface area contributed by atoms with E-state index in [9.17, 15) is 9.59 Å². The molecule has 2 rings (SSSR count). The Hall–Kier alpha value is -1.84. The lowest BCUT2D eigenvalue weighted by Gasteiger charge is -2.33. The highest BCUT2D eigenvalue weighted by molar-refractivity contribution is 5.84. The molecule has 19 heavy (non-hydrogen) atoms. The van der Waals surface area contributed by atoms with Crippen molar-refractivity contribution in [2.45, 2.75) is 38.1 Å². The first-order chi connectivity index (χ1) is 9.18. The Labute approximate surface area is 113 Å². The normalized spacial score (nSPS) is 19.2. The summed E-state index contributed by atoms with van der Waals surface area (Å²) in [5.74, 6) is -0.927. The van der Waals surface area contributed by atoms with Gasteiger partial charge in [0.25, 0.3) is 0 Å². The van der Waals surface area contributed by atoms with Crippen molar-refractivity contribution < 1.29 is 14.7 Å². The maximum Gasteiger partial charge on any atom is 0.326 e. The van der Waals surface area contributed by atoms with Crippen LogP contribution in [0.1, 0.15) is 31.2 Å². The van der Waals surface area contributed by atoms with Gasteiger partial charge in [-0.25, -0.2) is 4.79 Å². The van der Waals surface area contributed by atoms with Crippen LogP contribution >= 0.6 is 0 Å². The minimum atomic E-state index is -0.882. The first-order valence-electron chi connectivity index (χ1n) is 6.74. The van der Waals surface area contributed by atoms with Crippen LogP contribution in [0.25, 0.3) is 0 Å². The number of carboxylic acids is 1. The fourth-order valence-electron chi connectivity index (χ4n) is 2.53. The van der Waals surface area contributed by atoms with E-state index in [0.29, 0.717) is 25.8 Å². The van der Waals surface area contributed by atoms with Crippen molar-refractivity contribution in [1.29, 1.82) is 0 Å². The number of amides is 1. The van der Waals surface area contributed by atoms with Crippen molar-refractivity contribution in [2.24, 2.45) is 0 Å². The highest BCUT2D eigenvalue weighted by Gasteiger charge is 2.31. The van der Waals surface area contributed by atoms with Gasteiger partial charge >= 0.3 is 5.97 Å². The Morgan fingerprint density at radius 3 is 2.63 bits per heavy atom. The Morgan fingerprint density at radius 2 is 1.95 bits per heavy atom. The Balaban J connectivity index is 1.93. The van der Waals surface area contributed by atoms with Crippen LogP contribution in [-0.2, 0) is 16.0 Å². The van der Waals surface area contributed by atoms with Gasteiger partial charge < -0.3 is 10.0 Å². The van der Waals surface area contributed by atoms with Crippen molar-refractivity contribution in [3.63, 3.8) is 0 Å². The van der Waals surface area contributed by atoms with Crippen LogP contribution < -0.4 is 0 Å². The average Bonchev–Trinajstić information content (AvgIpc) is 2.46. The molecule has 4 heteroatoms. The minimum Gasteiger partial charge on any atom is -0.480 e. The summed E-state index contributed by atoms with van der Waals surface area (Å²) in [6, 6.07) is 9.17. The van der Waals surface area contributed by atoms with E-state index in [1.807, 2.05) is 30.3 Å². The molecular formula is C15H19NO3. The van der Waals surface area contributed by atoms with Crippen molar-refractivity contribution in [3.05, 3.63) is 35.9 Å².